The average molecular weight is 271 g/mol. The van der Waals surface area contributed by atoms with Crippen molar-refractivity contribution in [2.75, 3.05) is 19.8 Å². The quantitative estimate of drug-likeness (QED) is 0.185. The second-order valence-corrected chi connectivity index (χ2v) is 3.91. The molecule has 0 saturated carbocycles. The van der Waals surface area contributed by atoms with E-state index in [2.05, 4.69) is 5.32 Å². The number of aliphatic hydroxyl groups excluding tert-OH is 8. The van der Waals surface area contributed by atoms with E-state index >= 15 is 0 Å². The van der Waals surface area contributed by atoms with Crippen LogP contribution in [0.25, 0.3) is 0 Å². The van der Waals surface area contributed by atoms with Gasteiger partial charge in [-0.05, 0) is 0 Å². The van der Waals surface area contributed by atoms with Gasteiger partial charge in [0.25, 0.3) is 0 Å². The van der Waals surface area contributed by atoms with Gasteiger partial charge < -0.3 is 40.9 Å². The lowest BCUT2D eigenvalue weighted by molar-refractivity contribution is -0.146. The van der Waals surface area contributed by atoms with Crippen LogP contribution in [0.4, 0.5) is 0 Å². The molecule has 6 unspecified atom stereocenters. The lowest BCUT2D eigenvalue weighted by Gasteiger charge is -2.29. The van der Waals surface area contributed by atoms with E-state index in [1.54, 1.807) is 0 Å². The zero-order chi connectivity index (χ0) is 14.3. The lowest BCUT2D eigenvalue weighted by atomic mass is 10.0. The van der Waals surface area contributed by atoms with E-state index in [0.717, 1.165) is 0 Å². The van der Waals surface area contributed by atoms with Crippen LogP contribution in [0, 0.1) is 0 Å². The van der Waals surface area contributed by atoms with Gasteiger partial charge in [-0.25, -0.2) is 0 Å². The molecule has 0 amide bonds. The van der Waals surface area contributed by atoms with Crippen LogP contribution in [-0.2, 0) is 0 Å². The second-order valence-electron chi connectivity index (χ2n) is 3.91. The van der Waals surface area contributed by atoms with Crippen LogP contribution in [0.5, 0.6) is 0 Å². The Morgan fingerprint density at radius 3 is 1.72 bits per heavy atom. The number of aliphatic hydroxyl groups is 8. The Bertz CT molecular complexity index is 219. The van der Waals surface area contributed by atoms with Crippen LogP contribution in [-0.4, -0.2) is 97.4 Å². The molecule has 0 aliphatic heterocycles. The summed E-state index contributed by atoms with van der Waals surface area (Å²) < 4.78 is 0. The molecule has 0 rings (SSSR count). The number of hydrogen-bond donors (Lipinski definition) is 9. The molecule has 6 atom stereocenters. The minimum absolute atomic E-state index is 0.250. The Morgan fingerprint density at radius 1 is 0.722 bits per heavy atom. The minimum atomic E-state index is -1.90. The highest BCUT2D eigenvalue weighted by molar-refractivity contribution is 4.84. The summed E-state index contributed by atoms with van der Waals surface area (Å²) in [5, 5.41) is 74.7. The summed E-state index contributed by atoms with van der Waals surface area (Å²) in [7, 11) is 0. The number of rotatable bonds is 9. The topological polar surface area (TPSA) is 174 Å². The van der Waals surface area contributed by atoms with Crippen molar-refractivity contribution in [3.63, 3.8) is 0 Å². The van der Waals surface area contributed by atoms with Crippen molar-refractivity contribution < 1.29 is 40.9 Å². The summed E-state index contributed by atoms with van der Waals surface area (Å²) in [6.07, 6.45) is -10.1. The molecule has 0 bridgehead atoms. The summed E-state index contributed by atoms with van der Waals surface area (Å²) in [6.45, 7) is -1.62. The van der Waals surface area contributed by atoms with Crippen LogP contribution in [0.15, 0.2) is 0 Å². The first-order valence-corrected chi connectivity index (χ1v) is 5.38. The molecule has 0 aliphatic rings. The molecular weight excluding hydrogens is 250 g/mol. The van der Waals surface area contributed by atoms with Crippen LogP contribution in [0.3, 0.4) is 0 Å². The summed E-state index contributed by atoms with van der Waals surface area (Å²) >= 11 is 0. The van der Waals surface area contributed by atoms with E-state index in [9.17, 15) is 20.4 Å². The first kappa shape index (κ1) is 17.6. The van der Waals surface area contributed by atoms with Gasteiger partial charge in [-0.3, -0.25) is 5.32 Å². The fourth-order valence-electron chi connectivity index (χ4n) is 1.17. The van der Waals surface area contributed by atoms with E-state index in [1.807, 2.05) is 0 Å². The molecule has 0 aliphatic carbocycles. The van der Waals surface area contributed by atoms with Gasteiger partial charge in [0.1, 0.15) is 30.6 Å². The SMILES string of the molecule is OCC(O)CNC(O)C(O)C(O)C(O)C(O)CO. The van der Waals surface area contributed by atoms with Crippen LogP contribution in [0.1, 0.15) is 0 Å². The third-order valence-corrected chi connectivity index (χ3v) is 2.38. The zero-order valence-electron chi connectivity index (χ0n) is 9.66. The summed E-state index contributed by atoms with van der Waals surface area (Å²) in [6, 6.07) is 0. The van der Waals surface area contributed by atoms with E-state index in [-0.39, 0.29) is 6.54 Å². The molecule has 0 radical (unpaired) electrons. The molecule has 0 aromatic heterocycles. The maximum Gasteiger partial charge on any atom is 0.133 e. The Hall–Kier alpha value is -0.360. The molecular formula is C9H21NO8. The maximum atomic E-state index is 9.43. The van der Waals surface area contributed by atoms with Gasteiger partial charge in [-0.15, -0.1) is 0 Å². The zero-order valence-corrected chi connectivity index (χ0v) is 9.66. The van der Waals surface area contributed by atoms with E-state index in [0.29, 0.717) is 0 Å². The second kappa shape index (κ2) is 8.69. The third kappa shape index (κ3) is 5.52. The molecule has 0 aromatic rings. The predicted octanol–water partition coefficient (Wildman–Crippen LogP) is -5.32. The van der Waals surface area contributed by atoms with Crippen molar-refractivity contribution in [1.82, 2.24) is 5.32 Å². The molecule has 110 valence electrons. The largest absolute Gasteiger partial charge is 0.394 e. The van der Waals surface area contributed by atoms with Gasteiger partial charge in [0.05, 0.1) is 19.3 Å². The molecule has 0 spiro atoms. The fraction of sp³-hybridized carbons (Fsp3) is 1.00. The van der Waals surface area contributed by atoms with Crippen molar-refractivity contribution in [3.05, 3.63) is 0 Å². The molecule has 0 aromatic carbocycles. The monoisotopic (exact) mass is 271 g/mol. The minimum Gasteiger partial charge on any atom is -0.394 e. The number of hydrogen-bond acceptors (Lipinski definition) is 9. The Balaban J connectivity index is 4.22. The van der Waals surface area contributed by atoms with Crippen molar-refractivity contribution >= 4 is 0 Å². The van der Waals surface area contributed by atoms with Crippen LogP contribution < -0.4 is 5.32 Å². The molecule has 18 heavy (non-hydrogen) atoms. The van der Waals surface area contributed by atoms with Gasteiger partial charge in [-0.2, -0.15) is 0 Å². The van der Waals surface area contributed by atoms with Crippen LogP contribution in [0.2, 0.25) is 0 Å². The molecule has 9 heteroatoms. The van der Waals surface area contributed by atoms with Gasteiger partial charge in [0, 0.05) is 6.54 Å². The Labute approximate surface area is 104 Å². The van der Waals surface area contributed by atoms with E-state index in [1.165, 1.54) is 0 Å². The Morgan fingerprint density at radius 2 is 1.28 bits per heavy atom. The molecule has 0 heterocycles. The first-order chi connectivity index (χ1) is 8.34. The highest BCUT2D eigenvalue weighted by Crippen LogP contribution is 2.07. The standard InChI is InChI=1S/C9H21NO8/c11-2-4(13)1-10-9(18)8(17)7(16)6(15)5(14)3-12/h4-18H,1-3H2. The highest BCUT2D eigenvalue weighted by Gasteiger charge is 2.33. The van der Waals surface area contributed by atoms with Crippen molar-refractivity contribution in [2.24, 2.45) is 0 Å². The van der Waals surface area contributed by atoms with Gasteiger partial charge in [0.15, 0.2) is 0 Å². The smallest absolute Gasteiger partial charge is 0.133 e. The predicted molar refractivity (Wildman–Crippen MR) is 58.2 cm³/mol. The molecule has 9 N–H and O–H groups in total. The van der Waals surface area contributed by atoms with E-state index < -0.39 is 50.0 Å². The van der Waals surface area contributed by atoms with Gasteiger partial charge in [-0.1, -0.05) is 0 Å². The van der Waals surface area contributed by atoms with Crippen molar-refractivity contribution in [3.8, 4) is 0 Å². The average Bonchev–Trinajstić information content (AvgIpc) is 2.40. The molecule has 0 saturated heterocycles. The third-order valence-electron chi connectivity index (χ3n) is 2.38. The van der Waals surface area contributed by atoms with Crippen molar-refractivity contribution in [1.29, 1.82) is 0 Å². The normalized spacial score (nSPS) is 22.0. The first-order valence-electron chi connectivity index (χ1n) is 5.38. The van der Waals surface area contributed by atoms with Gasteiger partial charge >= 0.3 is 0 Å². The summed E-state index contributed by atoms with van der Waals surface area (Å²) in [5.41, 5.74) is 0. The van der Waals surface area contributed by atoms with Gasteiger partial charge in [0.2, 0.25) is 0 Å². The summed E-state index contributed by atoms with van der Waals surface area (Å²) in [5.74, 6) is 0. The van der Waals surface area contributed by atoms with Crippen LogP contribution >= 0.6 is 0 Å². The number of nitrogens with one attached hydrogen (secondary N) is 1. The molecule has 9 nitrogen and oxygen atoms in total. The highest BCUT2D eigenvalue weighted by atomic mass is 16.4. The summed E-state index contributed by atoms with van der Waals surface area (Å²) in [4.78, 5) is 0. The lowest BCUT2D eigenvalue weighted by Crippen LogP contribution is -2.54. The fourth-order valence-corrected chi connectivity index (χ4v) is 1.17. The maximum absolute atomic E-state index is 9.43. The van der Waals surface area contributed by atoms with E-state index in [4.69, 9.17) is 20.4 Å². The van der Waals surface area contributed by atoms with Crippen molar-refractivity contribution in [2.45, 2.75) is 36.7 Å². The Kier molecular flexibility index (Phi) is 8.52. The molecule has 0 fully saturated rings.